The lowest BCUT2D eigenvalue weighted by molar-refractivity contribution is -0.167. The Morgan fingerprint density at radius 3 is 1.95 bits per heavy atom. The Kier molecular flexibility index (Phi) is 9.40. The van der Waals surface area contributed by atoms with E-state index in [4.69, 9.17) is 25.6 Å². The first-order valence-electron chi connectivity index (χ1n) is 11.8. The molecule has 12 heteroatoms. The van der Waals surface area contributed by atoms with Crippen molar-refractivity contribution in [2.75, 3.05) is 10.0 Å². The minimum atomic E-state index is -3.94. The molecule has 0 aliphatic rings. The second kappa shape index (κ2) is 12.3. The minimum absolute atomic E-state index is 0.0262. The van der Waals surface area contributed by atoms with Gasteiger partial charge in [-0.25, -0.2) is 8.42 Å². The maximum Gasteiger partial charge on any atom is 0.323 e. The SMILES string of the molecule is Cc1cc(NS(=O)(=O)c2ccc(NC(c3ccc(Cl)cc3)C(C(=O)OC(C)C)C(=O)OC(C)C)cc2)no1. The van der Waals surface area contributed by atoms with Gasteiger partial charge in [-0.2, -0.15) is 0 Å². The summed E-state index contributed by atoms with van der Waals surface area (Å²) in [6.45, 7) is 8.37. The van der Waals surface area contributed by atoms with Crippen molar-refractivity contribution >= 4 is 45.1 Å². The molecule has 0 aliphatic heterocycles. The summed E-state index contributed by atoms with van der Waals surface area (Å²) in [6, 6.07) is 13.0. The second-order valence-corrected chi connectivity index (χ2v) is 11.2. The van der Waals surface area contributed by atoms with Crippen molar-refractivity contribution in [1.82, 2.24) is 5.16 Å². The van der Waals surface area contributed by atoms with Gasteiger partial charge < -0.3 is 19.3 Å². The van der Waals surface area contributed by atoms with Gasteiger partial charge >= 0.3 is 11.9 Å². The number of anilines is 2. The third kappa shape index (κ3) is 7.72. The number of sulfonamides is 1. The Bertz CT molecular complexity index is 1330. The third-order valence-corrected chi connectivity index (χ3v) is 6.75. The number of carbonyl (C=O) groups excluding carboxylic acids is 2. The van der Waals surface area contributed by atoms with Crippen LogP contribution in [0, 0.1) is 12.8 Å². The fourth-order valence-electron chi connectivity index (χ4n) is 3.53. The lowest BCUT2D eigenvalue weighted by atomic mass is 9.92. The maximum atomic E-state index is 13.1. The van der Waals surface area contributed by atoms with Gasteiger partial charge in [0, 0.05) is 16.8 Å². The molecule has 0 saturated heterocycles. The number of nitrogens with zero attached hydrogens (tertiary/aromatic N) is 1. The molecule has 0 bridgehead atoms. The van der Waals surface area contributed by atoms with Gasteiger partial charge in [0.05, 0.1) is 23.1 Å². The van der Waals surface area contributed by atoms with Gasteiger partial charge in [-0.15, -0.1) is 0 Å². The van der Waals surface area contributed by atoms with Crippen LogP contribution < -0.4 is 10.0 Å². The predicted octanol–water partition coefficient (Wildman–Crippen LogP) is 5.11. The number of esters is 2. The monoisotopic (exact) mass is 563 g/mol. The normalized spacial score (nSPS) is 12.4. The third-order valence-electron chi connectivity index (χ3n) is 5.13. The van der Waals surface area contributed by atoms with Gasteiger partial charge in [0.2, 0.25) is 0 Å². The van der Waals surface area contributed by atoms with Crippen molar-refractivity contribution in [1.29, 1.82) is 0 Å². The topological polar surface area (TPSA) is 137 Å². The van der Waals surface area contributed by atoms with Crippen LogP contribution in [0.25, 0.3) is 0 Å². The van der Waals surface area contributed by atoms with E-state index in [0.29, 0.717) is 22.0 Å². The van der Waals surface area contributed by atoms with E-state index in [9.17, 15) is 18.0 Å². The van der Waals surface area contributed by atoms with Crippen LogP contribution >= 0.6 is 11.6 Å². The molecule has 1 atom stereocenters. The van der Waals surface area contributed by atoms with Crippen LogP contribution in [0.2, 0.25) is 5.02 Å². The summed E-state index contributed by atoms with van der Waals surface area (Å²) in [6.07, 6.45) is -0.929. The molecule has 2 N–H and O–H groups in total. The number of aryl methyl sites for hydroxylation is 1. The number of hydrogen-bond donors (Lipinski definition) is 2. The molecule has 38 heavy (non-hydrogen) atoms. The van der Waals surface area contributed by atoms with E-state index in [1.807, 2.05) is 0 Å². The standard InChI is InChI=1S/C26H30ClN3O7S/c1-15(2)35-25(31)23(26(32)36-16(3)4)24(18-6-8-19(27)9-7-18)28-20-10-12-21(13-11-20)38(33,34)30-22-14-17(5)37-29-22/h6-16,23-24,28H,1-5H3,(H,29,30). The molecule has 0 saturated carbocycles. The van der Waals surface area contributed by atoms with Crippen LogP contribution in [0.3, 0.4) is 0 Å². The quantitative estimate of drug-likeness (QED) is 0.241. The molecular weight excluding hydrogens is 534 g/mol. The van der Waals surface area contributed by atoms with Gasteiger partial charge in [0.25, 0.3) is 10.0 Å². The van der Waals surface area contributed by atoms with Crippen LogP contribution in [0.15, 0.2) is 64.0 Å². The highest BCUT2D eigenvalue weighted by molar-refractivity contribution is 7.92. The van der Waals surface area contributed by atoms with Crippen LogP contribution in [0.4, 0.5) is 11.5 Å². The molecule has 0 amide bonds. The lowest BCUT2D eigenvalue weighted by Crippen LogP contribution is -2.38. The molecule has 0 radical (unpaired) electrons. The zero-order valence-electron chi connectivity index (χ0n) is 21.6. The zero-order chi connectivity index (χ0) is 28.0. The summed E-state index contributed by atoms with van der Waals surface area (Å²) < 4.78 is 43.5. The highest BCUT2D eigenvalue weighted by Gasteiger charge is 2.39. The van der Waals surface area contributed by atoms with Crippen LogP contribution in [0.5, 0.6) is 0 Å². The van der Waals surface area contributed by atoms with E-state index in [2.05, 4.69) is 15.2 Å². The molecule has 3 rings (SSSR count). The van der Waals surface area contributed by atoms with E-state index in [-0.39, 0.29) is 10.7 Å². The highest BCUT2D eigenvalue weighted by Crippen LogP contribution is 2.31. The molecule has 1 heterocycles. The van der Waals surface area contributed by atoms with E-state index >= 15 is 0 Å². The fraction of sp³-hybridized carbons (Fsp3) is 0.346. The molecule has 1 aromatic heterocycles. The number of halogens is 1. The van der Waals surface area contributed by atoms with E-state index in [1.165, 1.54) is 30.3 Å². The molecule has 204 valence electrons. The lowest BCUT2D eigenvalue weighted by Gasteiger charge is -2.28. The average molecular weight is 564 g/mol. The fourth-order valence-corrected chi connectivity index (χ4v) is 4.64. The molecule has 0 spiro atoms. The minimum Gasteiger partial charge on any atom is -0.462 e. The van der Waals surface area contributed by atoms with Crippen molar-refractivity contribution in [2.45, 2.75) is 57.8 Å². The molecule has 0 fully saturated rings. The van der Waals surface area contributed by atoms with Gasteiger partial charge in [-0.05, 0) is 76.6 Å². The second-order valence-electron chi connectivity index (χ2n) is 9.08. The Hall–Kier alpha value is -3.57. The summed E-state index contributed by atoms with van der Waals surface area (Å²) in [5, 5.41) is 7.28. The summed E-state index contributed by atoms with van der Waals surface area (Å²) in [5.74, 6) is -2.37. The highest BCUT2D eigenvalue weighted by atomic mass is 35.5. The molecule has 10 nitrogen and oxygen atoms in total. The predicted molar refractivity (Wildman–Crippen MR) is 142 cm³/mol. The Morgan fingerprint density at radius 1 is 0.921 bits per heavy atom. The summed E-state index contributed by atoms with van der Waals surface area (Å²) in [5.41, 5.74) is 1.02. The number of aromatic nitrogens is 1. The van der Waals surface area contributed by atoms with Crippen molar-refractivity contribution in [3.05, 3.63) is 70.9 Å². The van der Waals surface area contributed by atoms with E-state index in [0.717, 1.165) is 0 Å². The summed E-state index contributed by atoms with van der Waals surface area (Å²) in [7, 11) is -3.94. The number of benzene rings is 2. The van der Waals surface area contributed by atoms with Crippen molar-refractivity contribution < 1.29 is 32.0 Å². The largest absolute Gasteiger partial charge is 0.462 e. The van der Waals surface area contributed by atoms with Gasteiger partial charge in [0.15, 0.2) is 11.7 Å². The summed E-state index contributed by atoms with van der Waals surface area (Å²) >= 11 is 6.06. The molecule has 1 unspecified atom stereocenters. The Morgan fingerprint density at radius 2 is 1.47 bits per heavy atom. The first-order valence-corrected chi connectivity index (χ1v) is 13.7. The van der Waals surface area contributed by atoms with Crippen LogP contribution in [-0.2, 0) is 29.1 Å². The molecule has 0 aliphatic carbocycles. The zero-order valence-corrected chi connectivity index (χ0v) is 23.2. The Balaban J connectivity index is 1.95. The van der Waals surface area contributed by atoms with Gasteiger partial charge in [-0.1, -0.05) is 28.9 Å². The first kappa shape index (κ1) is 29.0. The number of ether oxygens (including phenoxy) is 2. The van der Waals surface area contributed by atoms with Crippen molar-refractivity contribution in [2.24, 2.45) is 5.92 Å². The van der Waals surface area contributed by atoms with Crippen molar-refractivity contribution in [3.8, 4) is 0 Å². The van der Waals surface area contributed by atoms with Crippen molar-refractivity contribution in [3.63, 3.8) is 0 Å². The summed E-state index contributed by atoms with van der Waals surface area (Å²) in [4.78, 5) is 26.2. The molecule has 3 aromatic rings. The number of hydrogen-bond acceptors (Lipinski definition) is 9. The average Bonchev–Trinajstić information content (AvgIpc) is 3.22. The number of carbonyl (C=O) groups is 2. The van der Waals surface area contributed by atoms with Crippen LogP contribution in [-0.4, -0.2) is 37.7 Å². The molecular formula is C26H30ClN3O7S. The molecule has 2 aromatic carbocycles. The Labute approximate surface area is 226 Å². The van der Waals surface area contributed by atoms with Gasteiger partial charge in [-0.3, -0.25) is 14.3 Å². The smallest absolute Gasteiger partial charge is 0.323 e. The van der Waals surface area contributed by atoms with Gasteiger partial charge in [0.1, 0.15) is 5.76 Å². The van der Waals surface area contributed by atoms with E-state index in [1.54, 1.807) is 58.9 Å². The first-order chi connectivity index (χ1) is 17.9. The van der Waals surface area contributed by atoms with Crippen LogP contribution in [0.1, 0.15) is 45.1 Å². The maximum absolute atomic E-state index is 13.1. The number of nitrogens with one attached hydrogen (secondary N) is 2. The number of rotatable bonds is 11. The van der Waals surface area contributed by atoms with E-state index < -0.39 is 46.1 Å².